The van der Waals surface area contributed by atoms with Crippen LogP contribution >= 0.6 is 11.3 Å². The smallest absolute Gasteiger partial charge is 0.262 e. The molecule has 2 aromatic heterocycles. The zero-order chi connectivity index (χ0) is 21.7. The third-order valence-electron chi connectivity index (χ3n) is 5.13. The molecule has 0 spiro atoms. The van der Waals surface area contributed by atoms with E-state index in [1.54, 1.807) is 6.07 Å². The first-order chi connectivity index (χ1) is 14.4. The van der Waals surface area contributed by atoms with Gasteiger partial charge in [-0.05, 0) is 36.8 Å². The summed E-state index contributed by atoms with van der Waals surface area (Å²) in [5.74, 6) is -0.441. The number of aromatic nitrogens is 2. The lowest BCUT2D eigenvalue weighted by atomic mass is 10.0. The number of carbonyl (C=O) groups excluding carboxylic acids is 2. The van der Waals surface area contributed by atoms with Crippen LogP contribution in [0.3, 0.4) is 0 Å². The van der Waals surface area contributed by atoms with Crippen LogP contribution < -0.4 is 10.6 Å². The number of nitrogens with one attached hydrogen (secondary N) is 2. The molecule has 3 aromatic rings. The lowest BCUT2D eigenvalue weighted by Crippen LogP contribution is -2.49. The van der Waals surface area contributed by atoms with Crippen LogP contribution in [0, 0.1) is 19.8 Å². The Balaban J connectivity index is 1.66. The fraction of sp³-hybridized carbons (Fsp3) is 0.348. The quantitative estimate of drug-likeness (QED) is 0.579. The van der Waals surface area contributed by atoms with Gasteiger partial charge in [0.2, 0.25) is 5.91 Å². The van der Waals surface area contributed by atoms with Crippen LogP contribution in [0.5, 0.6) is 0 Å². The molecule has 30 heavy (non-hydrogen) atoms. The van der Waals surface area contributed by atoms with E-state index in [9.17, 15) is 9.59 Å². The Morgan fingerprint density at radius 2 is 1.83 bits per heavy atom. The number of rotatable bonds is 8. The predicted molar refractivity (Wildman–Crippen MR) is 120 cm³/mol. The standard InChI is InChI=1S/C23H28N4O2S/c1-15(2)21(25-22(28)20-11-8-12-30-20)23(29)24-13-19-16(3)26-27(17(19)4)14-18-9-6-5-7-10-18/h5-12,15,21H,13-14H2,1-4H3,(H,24,29)(H,25,28)/t21-/m0/s1. The number of thiophene rings is 1. The monoisotopic (exact) mass is 424 g/mol. The van der Waals surface area contributed by atoms with Crippen molar-refractivity contribution >= 4 is 23.2 Å². The third-order valence-corrected chi connectivity index (χ3v) is 6.00. The molecule has 0 bridgehead atoms. The van der Waals surface area contributed by atoms with Crippen molar-refractivity contribution in [2.24, 2.45) is 5.92 Å². The van der Waals surface area contributed by atoms with E-state index in [1.165, 1.54) is 16.9 Å². The number of nitrogens with zero attached hydrogens (tertiary/aromatic N) is 2. The summed E-state index contributed by atoms with van der Waals surface area (Å²) in [7, 11) is 0. The number of hydrogen-bond donors (Lipinski definition) is 2. The summed E-state index contributed by atoms with van der Waals surface area (Å²) in [6.45, 7) is 8.88. The molecule has 0 aliphatic carbocycles. The van der Waals surface area contributed by atoms with Crippen LogP contribution in [-0.4, -0.2) is 27.6 Å². The second kappa shape index (κ2) is 9.71. The Morgan fingerprint density at radius 1 is 1.10 bits per heavy atom. The lowest BCUT2D eigenvalue weighted by Gasteiger charge is -2.21. The normalized spacial score (nSPS) is 12.0. The van der Waals surface area contributed by atoms with E-state index >= 15 is 0 Å². The van der Waals surface area contributed by atoms with E-state index in [2.05, 4.69) is 27.9 Å². The third kappa shape index (κ3) is 5.16. The molecular formula is C23H28N4O2S. The summed E-state index contributed by atoms with van der Waals surface area (Å²) in [6, 6.07) is 13.1. The maximum absolute atomic E-state index is 12.8. The summed E-state index contributed by atoms with van der Waals surface area (Å²) in [5.41, 5.74) is 4.11. The summed E-state index contributed by atoms with van der Waals surface area (Å²) in [4.78, 5) is 25.8. The van der Waals surface area contributed by atoms with Crippen molar-refractivity contribution < 1.29 is 9.59 Å². The number of carbonyl (C=O) groups is 2. The van der Waals surface area contributed by atoms with Gasteiger partial charge in [0.1, 0.15) is 6.04 Å². The first-order valence-electron chi connectivity index (χ1n) is 10.1. The average Bonchev–Trinajstić information content (AvgIpc) is 3.34. The van der Waals surface area contributed by atoms with Gasteiger partial charge < -0.3 is 10.6 Å². The minimum absolute atomic E-state index is 0.0306. The van der Waals surface area contributed by atoms with Crippen LogP contribution in [0.1, 0.15) is 46.0 Å². The Kier molecular flexibility index (Phi) is 7.05. The molecule has 0 radical (unpaired) electrons. The highest BCUT2D eigenvalue weighted by Crippen LogP contribution is 2.15. The van der Waals surface area contributed by atoms with Crippen molar-refractivity contribution in [3.05, 3.63) is 75.2 Å². The summed E-state index contributed by atoms with van der Waals surface area (Å²) in [5, 5.41) is 12.3. The minimum atomic E-state index is -0.598. The summed E-state index contributed by atoms with van der Waals surface area (Å²) in [6.07, 6.45) is 0. The van der Waals surface area contributed by atoms with Crippen LogP contribution in [0.25, 0.3) is 0 Å². The van der Waals surface area contributed by atoms with E-state index in [-0.39, 0.29) is 17.7 Å². The van der Waals surface area contributed by atoms with Crippen molar-refractivity contribution in [2.75, 3.05) is 0 Å². The molecule has 0 saturated carbocycles. The molecular weight excluding hydrogens is 396 g/mol. The molecule has 2 N–H and O–H groups in total. The van der Waals surface area contributed by atoms with Gasteiger partial charge in [-0.1, -0.05) is 50.2 Å². The maximum atomic E-state index is 12.8. The molecule has 0 aliphatic heterocycles. The van der Waals surface area contributed by atoms with E-state index in [0.29, 0.717) is 18.0 Å². The van der Waals surface area contributed by atoms with Gasteiger partial charge in [-0.25, -0.2) is 0 Å². The van der Waals surface area contributed by atoms with Gasteiger partial charge in [-0.3, -0.25) is 14.3 Å². The van der Waals surface area contributed by atoms with E-state index in [1.807, 2.05) is 62.0 Å². The van der Waals surface area contributed by atoms with Gasteiger partial charge in [0, 0.05) is 17.8 Å². The van der Waals surface area contributed by atoms with Crippen molar-refractivity contribution in [3.8, 4) is 0 Å². The second-order valence-corrected chi connectivity index (χ2v) is 8.63. The zero-order valence-corrected chi connectivity index (χ0v) is 18.6. The van der Waals surface area contributed by atoms with Gasteiger partial charge in [0.15, 0.2) is 0 Å². The number of aryl methyl sites for hydroxylation is 1. The molecule has 158 valence electrons. The highest BCUT2D eigenvalue weighted by atomic mass is 32.1. The first kappa shape index (κ1) is 21.8. The van der Waals surface area contributed by atoms with Crippen molar-refractivity contribution in [3.63, 3.8) is 0 Å². The molecule has 0 aliphatic rings. The van der Waals surface area contributed by atoms with Crippen LogP contribution in [0.4, 0.5) is 0 Å². The Hall–Kier alpha value is -2.93. The molecule has 0 fully saturated rings. The summed E-state index contributed by atoms with van der Waals surface area (Å²) < 4.78 is 1.96. The van der Waals surface area contributed by atoms with Gasteiger partial charge in [0.25, 0.3) is 5.91 Å². The number of hydrogen-bond acceptors (Lipinski definition) is 4. The zero-order valence-electron chi connectivity index (χ0n) is 17.8. The van der Waals surface area contributed by atoms with E-state index < -0.39 is 6.04 Å². The SMILES string of the molecule is Cc1nn(Cc2ccccc2)c(C)c1CNC(=O)[C@@H](NC(=O)c1cccs1)C(C)C. The molecule has 1 atom stereocenters. The predicted octanol–water partition coefficient (Wildman–Crippen LogP) is 3.68. The van der Waals surface area contributed by atoms with Crippen LogP contribution in [0.15, 0.2) is 47.8 Å². The molecule has 0 saturated heterocycles. The Morgan fingerprint density at radius 3 is 2.47 bits per heavy atom. The fourth-order valence-corrected chi connectivity index (χ4v) is 3.97. The number of benzene rings is 1. The van der Waals surface area contributed by atoms with Crippen molar-refractivity contribution in [1.29, 1.82) is 0 Å². The maximum Gasteiger partial charge on any atom is 0.262 e. The molecule has 0 unspecified atom stereocenters. The van der Waals surface area contributed by atoms with Crippen molar-refractivity contribution in [2.45, 2.75) is 46.8 Å². The Labute approximate surface area is 181 Å². The molecule has 2 amide bonds. The first-order valence-corrected chi connectivity index (χ1v) is 10.9. The van der Waals surface area contributed by atoms with Gasteiger partial charge in [-0.2, -0.15) is 5.10 Å². The molecule has 7 heteroatoms. The van der Waals surface area contributed by atoms with E-state index in [0.717, 1.165) is 17.0 Å². The second-order valence-electron chi connectivity index (χ2n) is 7.68. The Bertz CT molecular complexity index is 994. The molecule has 1 aromatic carbocycles. The minimum Gasteiger partial charge on any atom is -0.350 e. The molecule has 3 rings (SSSR count). The van der Waals surface area contributed by atoms with Crippen LogP contribution in [-0.2, 0) is 17.9 Å². The fourth-order valence-electron chi connectivity index (χ4n) is 3.34. The highest BCUT2D eigenvalue weighted by Gasteiger charge is 2.25. The molecule has 2 heterocycles. The van der Waals surface area contributed by atoms with E-state index in [4.69, 9.17) is 0 Å². The highest BCUT2D eigenvalue weighted by molar-refractivity contribution is 7.12. The van der Waals surface area contributed by atoms with Gasteiger partial charge >= 0.3 is 0 Å². The van der Waals surface area contributed by atoms with Crippen LogP contribution in [0.2, 0.25) is 0 Å². The van der Waals surface area contributed by atoms with Crippen molar-refractivity contribution in [1.82, 2.24) is 20.4 Å². The van der Waals surface area contributed by atoms with Gasteiger partial charge in [-0.15, -0.1) is 11.3 Å². The summed E-state index contributed by atoms with van der Waals surface area (Å²) >= 11 is 1.36. The largest absolute Gasteiger partial charge is 0.350 e. The number of amides is 2. The lowest BCUT2D eigenvalue weighted by molar-refractivity contribution is -0.124. The topological polar surface area (TPSA) is 76.0 Å². The molecule has 6 nitrogen and oxygen atoms in total. The average molecular weight is 425 g/mol. The van der Waals surface area contributed by atoms with Gasteiger partial charge in [0.05, 0.1) is 17.1 Å².